The summed E-state index contributed by atoms with van der Waals surface area (Å²) in [5.74, 6) is 1.48. The van der Waals surface area contributed by atoms with Crippen molar-refractivity contribution in [1.29, 1.82) is 5.26 Å². The zero-order valence-electron chi connectivity index (χ0n) is 21.6. The van der Waals surface area contributed by atoms with E-state index in [-0.39, 0.29) is 10.4 Å². The Kier molecular flexibility index (Phi) is 6.38. The maximum Gasteiger partial charge on any atom is 0.204 e. The van der Waals surface area contributed by atoms with Crippen LogP contribution in [-0.2, 0) is 5.41 Å². The third-order valence-electron chi connectivity index (χ3n) is 9.31. The SMILES string of the molecule is C[C@@H]1C2[C@H](N(CCCN3CCN(C)CC3)c3nc4cc(Cl)c(F)cc4[nH]3)CC[C@@]21c1ccc(C#N)cc1. The van der Waals surface area contributed by atoms with Crippen LogP contribution in [0.3, 0.4) is 0 Å². The summed E-state index contributed by atoms with van der Waals surface area (Å²) >= 11 is 6.07. The number of rotatable bonds is 7. The minimum absolute atomic E-state index is 0.101. The largest absolute Gasteiger partial charge is 0.339 e. The lowest BCUT2D eigenvalue weighted by atomic mass is 9.90. The molecule has 1 saturated heterocycles. The summed E-state index contributed by atoms with van der Waals surface area (Å²) in [4.78, 5) is 15.7. The molecule has 2 aliphatic carbocycles. The average Bonchev–Trinajstić information content (AvgIpc) is 3.19. The van der Waals surface area contributed by atoms with Crippen LogP contribution in [-0.4, -0.2) is 72.1 Å². The molecule has 3 fully saturated rings. The van der Waals surface area contributed by atoms with Crippen LogP contribution in [0.5, 0.6) is 0 Å². The zero-order chi connectivity index (χ0) is 25.7. The smallest absolute Gasteiger partial charge is 0.204 e. The molecule has 6 nitrogen and oxygen atoms in total. The van der Waals surface area contributed by atoms with Crippen molar-refractivity contribution in [3.8, 4) is 6.07 Å². The first-order chi connectivity index (χ1) is 17.9. The molecule has 3 aromatic rings. The number of nitrogens with zero attached hydrogens (tertiary/aromatic N) is 5. The van der Waals surface area contributed by atoms with Crippen LogP contribution < -0.4 is 4.90 Å². The number of H-pyrrole nitrogens is 1. The third-order valence-corrected chi connectivity index (χ3v) is 9.60. The lowest BCUT2D eigenvalue weighted by molar-refractivity contribution is 0.153. The van der Waals surface area contributed by atoms with Gasteiger partial charge in [0.2, 0.25) is 5.95 Å². The standard InChI is InChI=1S/C29H34ClFN6/c1-19-27-26(8-9-29(19,27)21-6-4-20(18-32)5-7-21)37(11-3-10-36-14-12-35(2)13-15-36)28-33-24-16-22(30)23(31)17-25(24)34-28/h4-7,16-17,19,26-27H,3,8-15H2,1-2H3,(H,33,34)/t19-,26-,27?,29-/m1/s1. The molecular formula is C29H34ClFN6. The van der Waals surface area contributed by atoms with Crippen molar-refractivity contribution in [3.05, 3.63) is 58.4 Å². The van der Waals surface area contributed by atoms with Crippen molar-refractivity contribution in [2.24, 2.45) is 11.8 Å². The highest BCUT2D eigenvalue weighted by Crippen LogP contribution is 2.69. The Labute approximate surface area is 223 Å². The number of benzene rings is 2. The quantitative estimate of drug-likeness (QED) is 0.473. The van der Waals surface area contributed by atoms with Crippen LogP contribution in [0.25, 0.3) is 11.0 Å². The molecule has 37 heavy (non-hydrogen) atoms. The first-order valence-corrected chi connectivity index (χ1v) is 13.8. The molecule has 0 bridgehead atoms. The summed E-state index contributed by atoms with van der Waals surface area (Å²) in [6.07, 6.45) is 3.28. The first-order valence-electron chi connectivity index (χ1n) is 13.4. The molecule has 2 heterocycles. The second kappa shape index (κ2) is 9.58. The molecule has 0 radical (unpaired) electrons. The molecule has 1 aromatic heterocycles. The van der Waals surface area contributed by atoms with Crippen LogP contribution in [0.4, 0.5) is 10.3 Å². The van der Waals surface area contributed by atoms with E-state index in [1.807, 2.05) is 12.1 Å². The maximum atomic E-state index is 14.2. The van der Waals surface area contributed by atoms with Crippen molar-refractivity contribution in [2.75, 3.05) is 51.2 Å². The van der Waals surface area contributed by atoms with E-state index in [9.17, 15) is 9.65 Å². The van der Waals surface area contributed by atoms with Crippen molar-refractivity contribution < 1.29 is 4.39 Å². The predicted molar refractivity (Wildman–Crippen MR) is 145 cm³/mol. The van der Waals surface area contributed by atoms with Crippen molar-refractivity contribution >= 4 is 28.6 Å². The lowest BCUT2D eigenvalue weighted by Gasteiger charge is -2.34. The van der Waals surface area contributed by atoms with Gasteiger partial charge in [0.25, 0.3) is 0 Å². The fraction of sp³-hybridized carbons (Fsp3) is 0.517. The van der Waals surface area contributed by atoms with Crippen molar-refractivity contribution in [2.45, 2.75) is 37.6 Å². The van der Waals surface area contributed by atoms with E-state index in [0.29, 0.717) is 34.5 Å². The molecule has 8 heteroatoms. The number of likely N-dealkylation sites (N-methyl/N-ethyl adjacent to an activating group) is 1. The molecule has 2 saturated carbocycles. The number of aromatic amines is 1. The Morgan fingerprint density at radius 2 is 1.97 bits per heavy atom. The minimum atomic E-state index is -0.428. The molecule has 1 unspecified atom stereocenters. The monoisotopic (exact) mass is 520 g/mol. The summed E-state index contributed by atoms with van der Waals surface area (Å²) in [5.41, 5.74) is 3.60. The van der Waals surface area contributed by atoms with E-state index in [1.54, 1.807) is 6.07 Å². The van der Waals surface area contributed by atoms with Crippen LogP contribution in [0.1, 0.15) is 37.3 Å². The van der Waals surface area contributed by atoms with Crippen LogP contribution in [0, 0.1) is 29.0 Å². The number of hydrogen-bond acceptors (Lipinski definition) is 5. The number of hydrogen-bond donors (Lipinski definition) is 1. The number of nitriles is 1. The van der Waals surface area contributed by atoms with E-state index >= 15 is 0 Å². The number of aromatic nitrogens is 2. The van der Waals surface area contributed by atoms with Crippen LogP contribution in [0.15, 0.2) is 36.4 Å². The lowest BCUT2D eigenvalue weighted by Crippen LogP contribution is -2.45. The number of nitrogens with one attached hydrogen (secondary N) is 1. The minimum Gasteiger partial charge on any atom is -0.339 e. The molecule has 6 rings (SSSR count). The highest BCUT2D eigenvalue weighted by atomic mass is 35.5. The predicted octanol–water partition coefficient (Wildman–Crippen LogP) is 5.04. The third kappa shape index (κ3) is 4.29. The van der Waals surface area contributed by atoms with Crippen molar-refractivity contribution in [3.63, 3.8) is 0 Å². The Morgan fingerprint density at radius 3 is 2.68 bits per heavy atom. The number of halogens is 2. The van der Waals surface area contributed by atoms with Gasteiger partial charge >= 0.3 is 0 Å². The van der Waals surface area contributed by atoms with Gasteiger partial charge in [-0.05, 0) is 68.5 Å². The Balaban J connectivity index is 1.26. The number of imidazole rings is 1. The molecule has 3 aliphatic rings. The Morgan fingerprint density at radius 1 is 1.22 bits per heavy atom. The van der Waals surface area contributed by atoms with E-state index in [1.165, 1.54) is 11.6 Å². The topological polar surface area (TPSA) is 62.2 Å². The Bertz CT molecular complexity index is 1290. The van der Waals surface area contributed by atoms with Crippen LogP contribution in [0.2, 0.25) is 5.02 Å². The van der Waals surface area contributed by atoms with Gasteiger partial charge in [0.1, 0.15) is 5.82 Å². The molecule has 4 atom stereocenters. The van der Waals surface area contributed by atoms with E-state index < -0.39 is 5.82 Å². The number of piperazine rings is 1. The maximum absolute atomic E-state index is 14.2. The van der Waals surface area contributed by atoms with Crippen LogP contribution >= 0.6 is 11.6 Å². The zero-order valence-corrected chi connectivity index (χ0v) is 22.3. The van der Waals surface area contributed by atoms with Gasteiger partial charge in [-0.3, -0.25) is 0 Å². The summed E-state index contributed by atoms with van der Waals surface area (Å²) in [6, 6.07) is 13.9. The molecule has 1 aliphatic heterocycles. The van der Waals surface area contributed by atoms with Gasteiger partial charge in [0.15, 0.2) is 0 Å². The van der Waals surface area contributed by atoms with Gasteiger partial charge in [0, 0.05) is 50.2 Å². The summed E-state index contributed by atoms with van der Waals surface area (Å²) < 4.78 is 14.2. The van der Waals surface area contributed by atoms with Gasteiger partial charge < -0.3 is 19.7 Å². The fourth-order valence-electron chi connectivity index (χ4n) is 7.20. The van der Waals surface area contributed by atoms with Gasteiger partial charge in [-0.1, -0.05) is 30.7 Å². The van der Waals surface area contributed by atoms with E-state index in [2.05, 4.69) is 51.9 Å². The van der Waals surface area contributed by atoms with Crippen molar-refractivity contribution in [1.82, 2.24) is 19.8 Å². The normalized spacial score (nSPS) is 27.8. The van der Waals surface area contributed by atoms with E-state index in [0.717, 1.165) is 64.5 Å². The second-order valence-corrected chi connectivity index (χ2v) is 11.6. The van der Waals surface area contributed by atoms with Gasteiger partial charge in [-0.25, -0.2) is 9.37 Å². The highest BCUT2D eigenvalue weighted by molar-refractivity contribution is 6.31. The molecule has 0 amide bonds. The van der Waals surface area contributed by atoms with Gasteiger partial charge in [0.05, 0.1) is 27.7 Å². The molecule has 0 spiro atoms. The number of fused-ring (bicyclic) bond motifs is 2. The second-order valence-electron chi connectivity index (χ2n) is 11.2. The molecule has 194 valence electrons. The summed E-state index contributed by atoms with van der Waals surface area (Å²) in [6.45, 7) is 8.81. The number of anilines is 1. The Hall–Kier alpha value is -2.66. The van der Waals surface area contributed by atoms with Gasteiger partial charge in [-0.2, -0.15) is 5.26 Å². The average molecular weight is 521 g/mol. The first kappa shape index (κ1) is 24.7. The molecule has 2 aromatic carbocycles. The molecule has 1 N–H and O–H groups in total. The highest BCUT2D eigenvalue weighted by Gasteiger charge is 2.69. The van der Waals surface area contributed by atoms with Gasteiger partial charge in [-0.15, -0.1) is 0 Å². The molecular weight excluding hydrogens is 487 g/mol. The summed E-state index contributed by atoms with van der Waals surface area (Å²) in [5, 5.41) is 9.34. The van der Waals surface area contributed by atoms with E-state index in [4.69, 9.17) is 16.6 Å². The summed E-state index contributed by atoms with van der Waals surface area (Å²) in [7, 11) is 2.19. The fourth-order valence-corrected chi connectivity index (χ4v) is 7.36.